The van der Waals surface area contributed by atoms with Crippen molar-refractivity contribution in [2.45, 2.75) is 38.1 Å². The summed E-state index contributed by atoms with van der Waals surface area (Å²) < 4.78 is 10.6. The minimum Gasteiger partial charge on any atom is -0.381 e. The first-order chi connectivity index (χ1) is 7.25. The fourth-order valence-electron chi connectivity index (χ4n) is 1.74. The van der Waals surface area contributed by atoms with E-state index < -0.39 is 0 Å². The molecule has 2 unspecified atom stereocenters. The normalized spacial score (nSPS) is 24.0. The first kappa shape index (κ1) is 10.6. The van der Waals surface area contributed by atoms with Crippen molar-refractivity contribution in [3.05, 3.63) is 11.7 Å². The first-order valence-corrected chi connectivity index (χ1v) is 5.41. The standard InChI is InChI=1S/C10H17N3O2/c1-7(11)5-9-12-10(15-13-9)8-3-2-4-14-6-8/h7-8H,2-6,11H2,1H3. The van der Waals surface area contributed by atoms with E-state index in [9.17, 15) is 0 Å². The molecule has 0 aromatic carbocycles. The van der Waals surface area contributed by atoms with Gasteiger partial charge in [0.25, 0.3) is 0 Å². The van der Waals surface area contributed by atoms with Crippen LogP contribution in [0.1, 0.15) is 37.4 Å². The highest BCUT2D eigenvalue weighted by Crippen LogP contribution is 2.23. The molecular formula is C10H17N3O2. The molecule has 1 fully saturated rings. The Bertz CT molecular complexity index is 305. The van der Waals surface area contributed by atoms with Crippen LogP contribution in [-0.4, -0.2) is 29.4 Å². The van der Waals surface area contributed by atoms with Gasteiger partial charge in [0.05, 0.1) is 12.5 Å². The fourth-order valence-corrected chi connectivity index (χ4v) is 1.74. The lowest BCUT2D eigenvalue weighted by atomic mass is 10.0. The van der Waals surface area contributed by atoms with Crippen LogP contribution in [0, 0.1) is 0 Å². The number of nitrogens with zero attached hydrogens (tertiary/aromatic N) is 2. The van der Waals surface area contributed by atoms with Crippen molar-refractivity contribution in [2.75, 3.05) is 13.2 Å². The number of ether oxygens (including phenoxy) is 1. The van der Waals surface area contributed by atoms with E-state index in [4.69, 9.17) is 15.0 Å². The molecule has 2 rings (SSSR count). The molecule has 0 bridgehead atoms. The predicted octanol–water partition coefficient (Wildman–Crippen LogP) is 0.853. The lowest BCUT2D eigenvalue weighted by Gasteiger charge is -2.18. The molecule has 0 aliphatic carbocycles. The average Bonchev–Trinajstić information content (AvgIpc) is 2.67. The van der Waals surface area contributed by atoms with Gasteiger partial charge in [-0.1, -0.05) is 5.16 Å². The number of nitrogens with two attached hydrogens (primary N) is 1. The third-order valence-corrected chi connectivity index (χ3v) is 2.50. The Morgan fingerprint density at radius 2 is 2.47 bits per heavy atom. The molecular weight excluding hydrogens is 194 g/mol. The zero-order valence-electron chi connectivity index (χ0n) is 8.98. The van der Waals surface area contributed by atoms with Gasteiger partial charge in [-0.05, 0) is 19.8 Å². The monoisotopic (exact) mass is 211 g/mol. The molecule has 1 saturated heterocycles. The maximum atomic E-state index is 5.67. The predicted molar refractivity (Wildman–Crippen MR) is 54.4 cm³/mol. The minimum absolute atomic E-state index is 0.0676. The molecule has 2 atom stereocenters. The van der Waals surface area contributed by atoms with Crippen molar-refractivity contribution in [3.63, 3.8) is 0 Å². The molecule has 0 radical (unpaired) electrons. The summed E-state index contributed by atoms with van der Waals surface area (Å²) in [5.41, 5.74) is 5.67. The van der Waals surface area contributed by atoms with Gasteiger partial charge in [0.2, 0.25) is 5.89 Å². The smallest absolute Gasteiger partial charge is 0.232 e. The van der Waals surface area contributed by atoms with E-state index in [1.807, 2.05) is 6.92 Å². The van der Waals surface area contributed by atoms with Crippen molar-refractivity contribution in [1.29, 1.82) is 0 Å². The Morgan fingerprint density at radius 1 is 1.60 bits per heavy atom. The molecule has 84 valence electrons. The first-order valence-electron chi connectivity index (χ1n) is 5.41. The van der Waals surface area contributed by atoms with Crippen molar-refractivity contribution in [1.82, 2.24) is 10.1 Å². The van der Waals surface area contributed by atoms with E-state index in [-0.39, 0.29) is 12.0 Å². The summed E-state index contributed by atoms with van der Waals surface area (Å²) in [6.07, 6.45) is 2.80. The van der Waals surface area contributed by atoms with Gasteiger partial charge in [0.15, 0.2) is 5.82 Å². The molecule has 5 heteroatoms. The van der Waals surface area contributed by atoms with Crippen molar-refractivity contribution in [2.24, 2.45) is 5.73 Å². The average molecular weight is 211 g/mol. The minimum atomic E-state index is 0.0676. The second-order valence-electron chi connectivity index (χ2n) is 4.14. The zero-order valence-corrected chi connectivity index (χ0v) is 8.98. The molecule has 2 heterocycles. The van der Waals surface area contributed by atoms with E-state index in [2.05, 4.69) is 10.1 Å². The van der Waals surface area contributed by atoms with Crippen LogP contribution in [0.5, 0.6) is 0 Å². The Balaban J connectivity index is 1.99. The third kappa shape index (κ3) is 2.76. The van der Waals surface area contributed by atoms with E-state index in [1.165, 1.54) is 0 Å². The van der Waals surface area contributed by atoms with Gasteiger partial charge in [-0.15, -0.1) is 0 Å². The number of hydrogen-bond acceptors (Lipinski definition) is 5. The Morgan fingerprint density at radius 3 is 3.13 bits per heavy atom. The van der Waals surface area contributed by atoms with Gasteiger partial charge < -0.3 is 15.0 Å². The van der Waals surface area contributed by atoms with Gasteiger partial charge in [-0.25, -0.2) is 0 Å². The van der Waals surface area contributed by atoms with Crippen LogP contribution in [0.3, 0.4) is 0 Å². The summed E-state index contributed by atoms with van der Waals surface area (Å²) in [6, 6.07) is 0.0676. The van der Waals surface area contributed by atoms with Crippen LogP contribution in [0.4, 0.5) is 0 Å². The van der Waals surface area contributed by atoms with Crippen LogP contribution >= 0.6 is 0 Å². The summed E-state index contributed by atoms with van der Waals surface area (Å²) in [4.78, 5) is 4.34. The highest BCUT2D eigenvalue weighted by Gasteiger charge is 2.22. The summed E-state index contributed by atoms with van der Waals surface area (Å²) in [6.45, 7) is 3.47. The van der Waals surface area contributed by atoms with Crippen molar-refractivity contribution < 1.29 is 9.26 Å². The molecule has 5 nitrogen and oxygen atoms in total. The molecule has 2 N–H and O–H groups in total. The maximum absolute atomic E-state index is 5.67. The van der Waals surface area contributed by atoms with Crippen molar-refractivity contribution >= 4 is 0 Å². The van der Waals surface area contributed by atoms with Gasteiger partial charge in [-0.2, -0.15) is 4.98 Å². The lowest BCUT2D eigenvalue weighted by Crippen LogP contribution is -2.19. The van der Waals surface area contributed by atoms with Crippen molar-refractivity contribution in [3.8, 4) is 0 Å². The molecule has 15 heavy (non-hydrogen) atoms. The Hall–Kier alpha value is -0.940. The molecule has 1 aliphatic rings. The van der Waals surface area contributed by atoms with Gasteiger partial charge in [-0.3, -0.25) is 0 Å². The number of rotatable bonds is 3. The van der Waals surface area contributed by atoms with Crippen LogP contribution in [-0.2, 0) is 11.2 Å². The second-order valence-corrected chi connectivity index (χ2v) is 4.14. The topological polar surface area (TPSA) is 74.2 Å². The molecule has 0 saturated carbocycles. The van der Waals surface area contributed by atoms with Gasteiger partial charge >= 0.3 is 0 Å². The summed E-state index contributed by atoms with van der Waals surface area (Å²) in [7, 11) is 0. The Kier molecular flexibility index (Phi) is 3.33. The molecule has 1 aliphatic heterocycles. The van der Waals surface area contributed by atoms with Crippen LogP contribution in [0.2, 0.25) is 0 Å². The maximum Gasteiger partial charge on any atom is 0.232 e. The van der Waals surface area contributed by atoms with Crippen LogP contribution < -0.4 is 5.73 Å². The molecule has 0 spiro atoms. The van der Waals surface area contributed by atoms with E-state index in [0.29, 0.717) is 24.7 Å². The Labute approximate surface area is 89.0 Å². The van der Waals surface area contributed by atoms with Gasteiger partial charge in [0.1, 0.15) is 0 Å². The third-order valence-electron chi connectivity index (χ3n) is 2.50. The molecule has 1 aromatic heterocycles. The van der Waals surface area contributed by atoms with E-state index in [0.717, 1.165) is 19.4 Å². The molecule has 0 amide bonds. The van der Waals surface area contributed by atoms with Crippen LogP contribution in [0.25, 0.3) is 0 Å². The second kappa shape index (κ2) is 4.72. The largest absolute Gasteiger partial charge is 0.381 e. The lowest BCUT2D eigenvalue weighted by molar-refractivity contribution is 0.0705. The van der Waals surface area contributed by atoms with E-state index in [1.54, 1.807) is 0 Å². The SMILES string of the molecule is CC(N)Cc1noc(C2CCCOC2)n1. The highest BCUT2D eigenvalue weighted by molar-refractivity contribution is 4.96. The fraction of sp³-hybridized carbons (Fsp3) is 0.800. The summed E-state index contributed by atoms with van der Waals surface area (Å²) in [5.74, 6) is 1.67. The number of hydrogen-bond donors (Lipinski definition) is 1. The highest BCUT2D eigenvalue weighted by atomic mass is 16.5. The van der Waals surface area contributed by atoms with E-state index >= 15 is 0 Å². The summed E-state index contributed by atoms with van der Waals surface area (Å²) in [5, 5.41) is 3.91. The number of aromatic nitrogens is 2. The quantitative estimate of drug-likeness (QED) is 0.802. The molecule has 1 aromatic rings. The zero-order chi connectivity index (χ0) is 10.7. The summed E-state index contributed by atoms with van der Waals surface area (Å²) >= 11 is 0. The van der Waals surface area contributed by atoms with Gasteiger partial charge in [0, 0.05) is 19.1 Å². The van der Waals surface area contributed by atoms with Crippen LogP contribution in [0.15, 0.2) is 4.52 Å².